The minimum atomic E-state index is -0.242. The summed E-state index contributed by atoms with van der Waals surface area (Å²) >= 11 is 0. The normalized spacial score (nSPS) is 30.0. The minimum Gasteiger partial charge on any atom is -0.470 e. The highest BCUT2D eigenvalue weighted by atomic mass is 16.5. The molecule has 1 aromatic rings. The fraction of sp³-hybridized carbons (Fsp3) is 0.667. The third kappa shape index (κ3) is 2.43. The van der Waals surface area contributed by atoms with Crippen LogP contribution in [0.5, 0.6) is 5.88 Å². The maximum Gasteiger partial charge on any atom is 0.310 e. The summed E-state index contributed by atoms with van der Waals surface area (Å²) in [5.74, 6) is 1.61. The van der Waals surface area contributed by atoms with Gasteiger partial charge in [0.05, 0.1) is 0 Å². The maximum absolute atomic E-state index is 11.4. The van der Waals surface area contributed by atoms with Gasteiger partial charge < -0.3 is 9.72 Å². The Labute approximate surface area is 95.1 Å². The third-order valence-electron chi connectivity index (χ3n) is 3.50. The van der Waals surface area contributed by atoms with Gasteiger partial charge in [-0.15, -0.1) is 0 Å². The summed E-state index contributed by atoms with van der Waals surface area (Å²) in [6.07, 6.45) is 6.39. The number of nitrogens with zero attached hydrogens (tertiary/aromatic N) is 1. The number of hydrogen-bond donors (Lipinski definition) is 1. The van der Waals surface area contributed by atoms with Crippen LogP contribution in [0.2, 0.25) is 0 Å². The van der Waals surface area contributed by atoms with Crippen molar-refractivity contribution in [2.75, 3.05) is 0 Å². The number of aromatic amines is 1. The van der Waals surface area contributed by atoms with Crippen LogP contribution in [0, 0.1) is 11.8 Å². The van der Waals surface area contributed by atoms with E-state index >= 15 is 0 Å². The molecule has 0 amide bonds. The zero-order valence-electron chi connectivity index (χ0n) is 9.77. The highest BCUT2D eigenvalue weighted by molar-refractivity contribution is 5.03. The molecule has 1 saturated carbocycles. The van der Waals surface area contributed by atoms with E-state index in [9.17, 15) is 4.79 Å². The van der Waals surface area contributed by atoms with Crippen molar-refractivity contribution < 1.29 is 4.74 Å². The SMILES string of the molecule is CC1CCC(Oc2ncc[nH]c2=O)CC1C. The summed E-state index contributed by atoms with van der Waals surface area (Å²) in [7, 11) is 0. The topological polar surface area (TPSA) is 55.0 Å². The molecule has 16 heavy (non-hydrogen) atoms. The molecular weight excluding hydrogens is 204 g/mol. The lowest BCUT2D eigenvalue weighted by Crippen LogP contribution is -2.30. The Hall–Kier alpha value is -1.32. The molecule has 0 saturated heterocycles. The largest absolute Gasteiger partial charge is 0.470 e. The van der Waals surface area contributed by atoms with Crippen molar-refractivity contribution >= 4 is 0 Å². The van der Waals surface area contributed by atoms with Crippen LogP contribution in [0.25, 0.3) is 0 Å². The Balaban J connectivity index is 2.01. The first-order valence-electron chi connectivity index (χ1n) is 5.87. The minimum absolute atomic E-state index is 0.141. The van der Waals surface area contributed by atoms with Crippen LogP contribution in [0.4, 0.5) is 0 Å². The van der Waals surface area contributed by atoms with Gasteiger partial charge in [-0.1, -0.05) is 13.8 Å². The molecule has 1 heterocycles. The number of ether oxygens (including phenoxy) is 1. The molecule has 4 nitrogen and oxygen atoms in total. The molecule has 0 spiro atoms. The average Bonchev–Trinajstić information content (AvgIpc) is 2.27. The Morgan fingerprint density at radius 3 is 2.88 bits per heavy atom. The second kappa shape index (κ2) is 4.68. The smallest absolute Gasteiger partial charge is 0.310 e. The van der Waals surface area contributed by atoms with Crippen LogP contribution in [-0.4, -0.2) is 16.1 Å². The highest BCUT2D eigenvalue weighted by Gasteiger charge is 2.26. The van der Waals surface area contributed by atoms with E-state index in [0.29, 0.717) is 5.92 Å². The van der Waals surface area contributed by atoms with Crippen molar-refractivity contribution in [1.82, 2.24) is 9.97 Å². The molecule has 4 heteroatoms. The molecule has 3 unspecified atom stereocenters. The first-order valence-corrected chi connectivity index (χ1v) is 5.87. The lowest BCUT2D eigenvalue weighted by molar-refractivity contribution is 0.0949. The quantitative estimate of drug-likeness (QED) is 0.832. The molecule has 1 aliphatic carbocycles. The van der Waals surface area contributed by atoms with Crippen LogP contribution in [0.3, 0.4) is 0 Å². The number of nitrogens with one attached hydrogen (secondary N) is 1. The molecule has 0 aliphatic heterocycles. The molecule has 1 N–H and O–H groups in total. The molecular formula is C12H18N2O2. The van der Waals surface area contributed by atoms with Gasteiger partial charge in [0.2, 0.25) is 0 Å². The molecule has 2 rings (SSSR count). The first-order chi connectivity index (χ1) is 7.66. The molecule has 1 fully saturated rings. The van der Waals surface area contributed by atoms with Crippen LogP contribution in [0.1, 0.15) is 33.1 Å². The summed E-state index contributed by atoms with van der Waals surface area (Å²) in [4.78, 5) is 17.9. The van der Waals surface area contributed by atoms with Gasteiger partial charge in [-0.05, 0) is 31.1 Å². The average molecular weight is 222 g/mol. The van der Waals surface area contributed by atoms with E-state index in [1.54, 1.807) is 6.20 Å². The maximum atomic E-state index is 11.4. The van der Waals surface area contributed by atoms with Crippen molar-refractivity contribution in [3.63, 3.8) is 0 Å². The number of rotatable bonds is 2. The van der Waals surface area contributed by atoms with Gasteiger partial charge in [0, 0.05) is 12.4 Å². The van der Waals surface area contributed by atoms with Crippen molar-refractivity contribution in [3.05, 3.63) is 22.7 Å². The van der Waals surface area contributed by atoms with Gasteiger partial charge in [0.25, 0.3) is 5.88 Å². The third-order valence-corrected chi connectivity index (χ3v) is 3.50. The second-order valence-electron chi connectivity index (χ2n) is 4.73. The van der Waals surface area contributed by atoms with E-state index in [2.05, 4.69) is 23.8 Å². The standard InChI is InChI=1S/C12H18N2O2/c1-8-3-4-10(7-9(8)2)16-12-11(15)13-5-6-14-12/h5-6,8-10H,3-4,7H2,1-2H3,(H,13,15). The zero-order chi connectivity index (χ0) is 11.5. The Kier molecular flexibility index (Phi) is 3.27. The fourth-order valence-electron chi connectivity index (χ4n) is 2.19. The highest BCUT2D eigenvalue weighted by Crippen LogP contribution is 2.30. The first kappa shape index (κ1) is 11.2. The van der Waals surface area contributed by atoms with Crippen molar-refractivity contribution in [1.29, 1.82) is 0 Å². The van der Waals surface area contributed by atoms with Gasteiger partial charge in [-0.2, -0.15) is 0 Å². The van der Waals surface area contributed by atoms with Crippen LogP contribution in [0.15, 0.2) is 17.2 Å². The molecule has 88 valence electrons. The molecule has 3 atom stereocenters. The van der Waals surface area contributed by atoms with Crippen molar-refractivity contribution in [2.24, 2.45) is 11.8 Å². The Morgan fingerprint density at radius 1 is 1.38 bits per heavy atom. The second-order valence-corrected chi connectivity index (χ2v) is 4.73. The summed E-state index contributed by atoms with van der Waals surface area (Å²) in [6.45, 7) is 4.51. The summed E-state index contributed by atoms with van der Waals surface area (Å²) in [6, 6.07) is 0. The predicted octanol–water partition coefficient (Wildman–Crippen LogP) is 1.97. The van der Waals surface area contributed by atoms with E-state index in [1.807, 2.05) is 0 Å². The van der Waals surface area contributed by atoms with Gasteiger partial charge in [0.15, 0.2) is 0 Å². The van der Waals surface area contributed by atoms with E-state index in [-0.39, 0.29) is 17.5 Å². The van der Waals surface area contributed by atoms with Gasteiger partial charge in [-0.25, -0.2) is 4.98 Å². The summed E-state index contributed by atoms with van der Waals surface area (Å²) < 4.78 is 5.65. The summed E-state index contributed by atoms with van der Waals surface area (Å²) in [5.41, 5.74) is -0.242. The summed E-state index contributed by atoms with van der Waals surface area (Å²) in [5, 5.41) is 0. The monoisotopic (exact) mass is 222 g/mol. The van der Waals surface area contributed by atoms with E-state index in [4.69, 9.17) is 4.74 Å². The molecule has 0 aromatic carbocycles. The number of aromatic nitrogens is 2. The molecule has 1 aliphatic rings. The molecule has 0 bridgehead atoms. The van der Waals surface area contributed by atoms with Crippen LogP contribution < -0.4 is 10.3 Å². The van der Waals surface area contributed by atoms with Gasteiger partial charge in [0.1, 0.15) is 6.10 Å². The fourth-order valence-corrected chi connectivity index (χ4v) is 2.19. The van der Waals surface area contributed by atoms with Crippen molar-refractivity contribution in [3.8, 4) is 5.88 Å². The predicted molar refractivity (Wildman–Crippen MR) is 61.5 cm³/mol. The van der Waals surface area contributed by atoms with Crippen LogP contribution >= 0.6 is 0 Å². The van der Waals surface area contributed by atoms with Gasteiger partial charge in [-0.3, -0.25) is 4.79 Å². The molecule has 0 radical (unpaired) electrons. The number of H-pyrrole nitrogens is 1. The lowest BCUT2D eigenvalue weighted by atomic mass is 9.80. The van der Waals surface area contributed by atoms with Gasteiger partial charge >= 0.3 is 5.56 Å². The van der Waals surface area contributed by atoms with E-state index in [1.165, 1.54) is 6.20 Å². The lowest BCUT2D eigenvalue weighted by Gasteiger charge is -2.31. The van der Waals surface area contributed by atoms with Crippen LogP contribution in [-0.2, 0) is 0 Å². The van der Waals surface area contributed by atoms with E-state index in [0.717, 1.165) is 25.2 Å². The Morgan fingerprint density at radius 2 is 2.19 bits per heavy atom. The molecule has 1 aromatic heterocycles. The van der Waals surface area contributed by atoms with Crippen molar-refractivity contribution in [2.45, 2.75) is 39.2 Å². The number of hydrogen-bond acceptors (Lipinski definition) is 3. The van der Waals surface area contributed by atoms with E-state index < -0.39 is 0 Å². The zero-order valence-corrected chi connectivity index (χ0v) is 9.77. The Bertz CT molecular complexity index is 402.